The van der Waals surface area contributed by atoms with Gasteiger partial charge in [0.15, 0.2) is 0 Å². The Morgan fingerprint density at radius 2 is 1.93 bits per heavy atom. The molecule has 0 radical (unpaired) electrons. The molecule has 1 aromatic carbocycles. The van der Waals surface area contributed by atoms with Gasteiger partial charge in [-0.1, -0.05) is 13.8 Å². The van der Waals surface area contributed by atoms with E-state index < -0.39 is 5.41 Å². The number of nitrogens with one attached hydrogen (secondary N) is 1. The number of halogens is 1. The number of nitrogens with two attached hydrogens (primary N) is 1. The first-order chi connectivity index (χ1) is 12.4. The van der Waals surface area contributed by atoms with Crippen molar-refractivity contribution >= 4 is 29.9 Å². The van der Waals surface area contributed by atoms with E-state index in [4.69, 9.17) is 5.73 Å². The molecule has 1 aromatic rings. The number of piperidine rings is 1. The maximum absolute atomic E-state index is 12.8. The SMILES string of the molecule is CCC(CC)(CN)C(=O)Nc1ccc(C(=O)N2CCCCC2C)cc1C.Cl. The fraction of sp³-hybridized carbons (Fsp3) is 0.619. The van der Waals surface area contributed by atoms with E-state index in [1.165, 1.54) is 6.42 Å². The average Bonchev–Trinajstić information content (AvgIpc) is 2.65. The summed E-state index contributed by atoms with van der Waals surface area (Å²) in [6.45, 7) is 9.17. The third-order valence-corrected chi connectivity index (χ3v) is 6.01. The van der Waals surface area contributed by atoms with Crippen molar-refractivity contribution < 1.29 is 9.59 Å². The maximum Gasteiger partial charge on any atom is 0.254 e. The second kappa shape index (κ2) is 10.1. The standard InChI is InChI=1S/C21H33N3O2.ClH/c1-5-21(6-2,14-22)20(26)23-18-11-10-17(13-15(18)3)19(25)24-12-8-7-9-16(24)4;/h10-11,13,16H,5-9,12,14,22H2,1-4H3,(H,23,26);1H. The first-order valence-electron chi connectivity index (χ1n) is 9.81. The molecule has 3 N–H and O–H groups in total. The Bertz CT molecular complexity index is 651. The molecule has 27 heavy (non-hydrogen) atoms. The molecule has 1 unspecified atom stereocenters. The van der Waals surface area contributed by atoms with Crippen LogP contribution in [0.5, 0.6) is 0 Å². The van der Waals surface area contributed by atoms with Crippen LogP contribution in [0.2, 0.25) is 0 Å². The zero-order valence-corrected chi connectivity index (χ0v) is 17.8. The molecule has 2 rings (SSSR count). The summed E-state index contributed by atoms with van der Waals surface area (Å²) in [4.78, 5) is 27.5. The number of likely N-dealkylation sites (tertiary alicyclic amines) is 1. The van der Waals surface area contributed by atoms with Crippen molar-refractivity contribution in [3.8, 4) is 0 Å². The van der Waals surface area contributed by atoms with Gasteiger partial charge in [-0.3, -0.25) is 9.59 Å². The number of hydrogen-bond acceptors (Lipinski definition) is 3. The molecule has 0 aliphatic carbocycles. The molecule has 0 bridgehead atoms. The Morgan fingerprint density at radius 3 is 2.44 bits per heavy atom. The van der Waals surface area contributed by atoms with E-state index in [0.29, 0.717) is 24.9 Å². The summed E-state index contributed by atoms with van der Waals surface area (Å²) in [5, 5.41) is 3.01. The van der Waals surface area contributed by atoms with Crippen molar-refractivity contribution in [1.82, 2.24) is 4.90 Å². The van der Waals surface area contributed by atoms with Crippen LogP contribution in [0.15, 0.2) is 18.2 Å². The molecule has 1 saturated heterocycles. The van der Waals surface area contributed by atoms with Gasteiger partial charge >= 0.3 is 0 Å². The molecular weight excluding hydrogens is 362 g/mol. The van der Waals surface area contributed by atoms with Gasteiger partial charge in [0.25, 0.3) is 5.91 Å². The molecule has 5 nitrogen and oxygen atoms in total. The van der Waals surface area contributed by atoms with E-state index in [1.54, 1.807) is 0 Å². The number of carbonyl (C=O) groups excluding carboxylic acids is 2. The predicted molar refractivity (Wildman–Crippen MR) is 113 cm³/mol. The quantitative estimate of drug-likeness (QED) is 0.760. The lowest BCUT2D eigenvalue weighted by Gasteiger charge is -2.33. The number of amides is 2. The van der Waals surface area contributed by atoms with Crippen LogP contribution in [0.25, 0.3) is 0 Å². The van der Waals surface area contributed by atoms with Gasteiger partial charge in [0.1, 0.15) is 0 Å². The predicted octanol–water partition coefficient (Wildman–Crippen LogP) is 4.14. The highest BCUT2D eigenvalue weighted by Crippen LogP contribution is 2.28. The molecule has 1 aliphatic heterocycles. The number of anilines is 1. The van der Waals surface area contributed by atoms with Crippen LogP contribution < -0.4 is 11.1 Å². The molecule has 6 heteroatoms. The number of aryl methyl sites for hydroxylation is 1. The normalized spacial score (nSPS) is 17.2. The number of benzene rings is 1. The van der Waals surface area contributed by atoms with Crippen LogP contribution in [0, 0.1) is 12.3 Å². The van der Waals surface area contributed by atoms with Crippen molar-refractivity contribution in [2.24, 2.45) is 11.1 Å². The maximum atomic E-state index is 12.8. The minimum Gasteiger partial charge on any atom is -0.336 e. The van der Waals surface area contributed by atoms with Crippen molar-refractivity contribution in [3.63, 3.8) is 0 Å². The molecular formula is C21H34ClN3O2. The smallest absolute Gasteiger partial charge is 0.254 e. The second-order valence-electron chi connectivity index (χ2n) is 7.52. The Hall–Kier alpha value is -1.59. The Balaban J connectivity index is 0.00000364. The highest BCUT2D eigenvalue weighted by molar-refractivity contribution is 5.98. The number of carbonyl (C=O) groups is 2. The number of hydrogen-bond donors (Lipinski definition) is 2. The van der Waals surface area contributed by atoms with Crippen LogP contribution in [-0.4, -0.2) is 35.8 Å². The van der Waals surface area contributed by atoms with Crippen LogP contribution >= 0.6 is 12.4 Å². The molecule has 2 amide bonds. The lowest BCUT2D eigenvalue weighted by molar-refractivity contribution is -0.125. The van der Waals surface area contributed by atoms with Gasteiger partial charge < -0.3 is 16.0 Å². The van der Waals surface area contributed by atoms with E-state index >= 15 is 0 Å². The van der Waals surface area contributed by atoms with Gasteiger partial charge in [-0.15, -0.1) is 12.4 Å². The van der Waals surface area contributed by atoms with Crippen molar-refractivity contribution in [2.75, 3.05) is 18.4 Å². The largest absolute Gasteiger partial charge is 0.336 e. The summed E-state index contributed by atoms with van der Waals surface area (Å²) < 4.78 is 0. The second-order valence-corrected chi connectivity index (χ2v) is 7.52. The molecule has 1 heterocycles. The Morgan fingerprint density at radius 1 is 1.26 bits per heavy atom. The lowest BCUT2D eigenvalue weighted by atomic mass is 9.81. The van der Waals surface area contributed by atoms with E-state index in [2.05, 4.69) is 12.2 Å². The highest BCUT2D eigenvalue weighted by atomic mass is 35.5. The summed E-state index contributed by atoms with van der Waals surface area (Å²) in [5.41, 5.74) is 7.66. The first-order valence-corrected chi connectivity index (χ1v) is 9.81. The minimum absolute atomic E-state index is 0. The fourth-order valence-corrected chi connectivity index (χ4v) is 3.71. The van der Waals surface area contributed by atoms with Crippen LogP contribution in [0.1, 0.15) is 68.8 Å². The van der Waals surface area contributed by atoms with E-state index in [0.717, 1.165) is 30.6 Å². The number of nitrogens with zero attached hydrogens (tertiary/aromatic N) is 1. The van der Waals surface area contributed by atoms with E-state index in [1.807, 2.05) is 43.9 Å². The molecule has 0 spiro atoms. The molecule has 0 saturated carbocycles. The van der Waals surface area contributed by atoms with Gasteiger partial charge in [0.2, 0.25) is 5.91 Å². The highest BCUT2D eigenvalue weighted by Gasteiger charge is 2.33. The molecule has 152 valence electrons. The summed E-state index contributed by atoms with van der Waals surface area (Å²) >= 11 is 0. The minimum atomic E-state index is -0.538. The van der Waals surface area contributed by atoms with Gasteiger partial charge in [-0.25, -0.2) is 0 Å². The molecule has 1 atom stereocenters. The third-order valence-electron chi connectivity index (χ3n) is 6.01. The average molecular weight is 396 g/mol. The monoisotopic (exact) mass is 395 g/mol. The summed E-state index contributed by atoms with van der Waals surface area (Å²) in [6, 6.07) is 5.81. The topological polar surface area (TPSA) is 75.4 Å². The summed E-state index contributed by atoms with van der Waals surface area (Å²) in [5.74, 6) is 0.0356. The zero-order valence-electron chi connectivity index (χ0n) is 17.0. The van der Waals surface area contributed by atoms with Crippen LogP contribution in [0.3, 0.4) is 0 Å². The van der Waals surface area contributed by atoms with E-state index in [-0.39, 0.29) is 30.3 Å². The molecule has 0 aromatic heterocycles. The Kier molecular flexibility index (Phi) is 8.76. The third kappa shape index (κ3) is 5.02. The van der Waals surface area contributed by atoms with Gasteiger partial charge in [0.05, 0.1) is 5.41 Å². The van der Waals surface area contributed by atoms with Crippen LogP contribution in [-0.2, 0) is 4.79 Å². The van der Waals surface area contributed by atoms with Gasteiger partial charge in [0, 0.05) is 30.4 Å². The molecule has 1 fully saturated rings. The summed E-state index contributed by atoms with van der Waals surface area (Å²) in [7, 11) is 0. The fourth-order valence-electron chi connectivity index (χ4n) is 3.71. The lowest BCUT2D eigenvalue weighted by Crippen LogP contribution is -2.42. The van der Waals surface area contributed by atoms with Gasteiger partial charge in [-0.2, -0.15) is 0 Å². The number of rotatable bonds is 6. The van der Waals surface area contributed by atoms with Crippen LogP contribution in [0.4, 0.5) is 5.69 Å². The van der Waals surface area contributed by atoms with Crippen molar-refractivity contribution in [2.45, 2.75) is 65.8 Å². The van der Waals surface area contributed by atoms with Gasteiger partial charge in [-0.05, 0) is 69.7 Å². The summed E-state index contributed by atoms with van der Waals surface area (Å²) in [6.07, 6.45) is 4.72. The Labute approximate surface area is 169 Å². The van der Waals surface area contributed by atoms with Crippen molar-refractivity contribution in [3.05, 3.63) is 29.3 Å². The zero-order chi connectivity index (χ0) is 19.3. The molecule has 1 aliphatic rings. The van der Waals surface area contributed by atoms with E-state index in [9.17, 15) is 9.59 Å². The first kappa shape index (κ1) is 23.4. The van der Waals surface area contributed by atoms with Crippen molar-refractivity contribution in [1.29, 1.82) is 0 Å².